The molecule has 3 rings (SSSR count). The van der Waals surface area contributed by atoms with E-state index in [4.69, 9.17) is 15.2 Å². The third kappa shape index (κ3) is 6.74. The topological polar surface area (TPSA) is 86.5 Å². The van der Waals surface area contributed by atoms with Gasteiger partial charge >= 0.3 is 6.18 Å². The van der Waals surface area contributed by atoms with Crippen molar-refractivity contribution in [3.8, 4) is 11.6 Å². The molecule has 2 heterocycles. The van der Waals surface area contributed by atoms with Crippen molar-refractivity contribution in [2.45, 2.75) is 31.2 Å². The monoisotopic (exact) mass is 453 g/mol. The maximum Gasteiger partial charge on any atom is 0.416 e. The number of aromatic nitrogens is 1. The average molecular weight is 454 g/mol. The highest BCUT2D eigenvalue weighted by Crippen LogP contribution is 2.31. The zero-order valence-corrected chi connectivity index (χ0v) is 16.7. The van der Waals surface area contributed by atoms with E-state index in [2.05, 4.69) is 10.3 Å². The molecule has 1 amide bonds. The van der Waals surface area contributed by atoms with Crippen molar-refractivity contribution in [3.05, 3.63) is 48.2 Å². The Hall–Kier alpha value is -2.07. The van der Waals surface area contributed by atoms with Gasteiger partial charge in [0.1, 0.15) is 11.9 Å². The first kappa shape index (κ1) is 25.0. The van der Waals surface area contributed by atoms with Crippen LogP contribution in [0, 0.1) is 0 Å². The van der Waals surface area contributed by atoms with Gasteiger partial charge in [0.2, 0.25) is 5.88 Å². The van der Waals surface area contributed by atoms with E-state index >= 15 is 0 Å². The number of nitrogens with one attached hydrogen (secondary N) is 1. The van der Waals surface area contributed by atoms with Crippen LogP contribution in [-0.2, 0) is 15.7 Å². The highest BCUT2D eigenvalue weighted by atomic mass is 35.5. The van der Waals surface area contributed by atoms with Gasteiger partial charge in [0.05, 0.1) is 23.6 Å². The van der Waals surface area contributed by atoms with Crippen LogP contribution >= 0.6 is 24.8 Å². The number of alkyl halides is 3. The fraction of sp³-hybridized carbons (Fsp3) is 0.333. The van der Waals surface area contributed by atoms with Crippen molar-refractivity contribution >= 4 is 36.4 Å². The molecule has 0 unspecified atom stereocenters. The fourth-order valence-electron chi connectivity index (χ4n) is 2.64. The van der Waals surface area contributed by atoms with Crippen LogP contribution in [0.25, 0.3) is 0 Å². The molecule has 1 fully saturated rings. The molecule has 0 aliphatic carbocycles. The second-order valence-electron chi connectivity index (χ2n) is 6.06. The molecule has 1 saturated heterocycles. The zero-order chi connectivity index (χ0) is 19.4. The Morgan fingerprint density at radius 2 is 1.86 bits per heavy atom. The lowest BCUT2D eigenvalue weighted by molar-refractivity contribution is -0.137. The van der Waals surface area contributed by atoms with Crippen LogP contribution < -0.4 is 15.8 Å². The number of benzene rings is 1. The third-order valence-electron chi connectivity index (χ3n) is 4.07. The second-order valence-corrected chi connectivity index (χ2v) is 6.06. The normalized spacial score (nSPS) is 18.3. The number of anilines is 1. The summed E-state index contributed by atoms with van der Waals surface area (Å²) < 4.78 is 48.6. The van der Waals surface area contributed by atoms with E-state index in [1.807, 2.05) is 0 Å². The summed E-state index contributed by atoms with van der Waals surface area (Å²) in [5.41, 5.74) is 5.22. The van der Waals surface area contributed by atoms with E-state index in [9.17, 15) is 18.0 Å². The molecule has 2 atom stereocenters. The number of nitrogens with two attached hydrogens (primary N) is 1. The number of nitrogens with zero attached hydrogens (tertiary/aromatic N) is 1. The number of amides is 1. The smallest absolute Gasteiger partial charge is 0.416 e. The second kappa shape index (κ2) is 10.6. The van der Waals surface area contributed by atoms with Crippen LogP contribution in [0.1, 0.15) is 18.4 Å². The molecule has 0 saturated carbocycles. The molecule has 0 bridgehead atoms. The van der Waals surface area contributed by atoms with Crippen LogP contribution in [0.15, 0.2) is 42.6 Å². The van der Waals surface area contributed by atoms with E-state index in [0.29, 0.717) is 18.7 Å². The van der Waals surface area contributed by atoms with Crippen LogP contribution in [-0.4, -0.2) is 29.6 Å². The van der Waals surface area contributed by atoms with Gasteiger partial charge < -0.3 is 20.5 Å². The Bertz CT molecular complexity index is 790. The van der Waals surface area contributed by atoms with Gasteiger partial charge in [-0.2, -0.15) is 13.2 Å². The maximum atomic E-state index is 12.5. The minimum atomic E-state index is -4.40. The number of hydrogen-bond donors (Lipinski definition) is 2. The predicted octanol–water partition coefficient (Wildman–Crippen LogP) is 4.18. The largest absolute Gasteiger partial charge is 0.439 e. The summed E-state index contributed by atoms with van der Waals surface area (Å²) in [6, 6.07) is 7.38. The average Bonchev–Trinajstić information content (AvgIpc) is 3.12. The Kier molecular flexibility index (Phi) is 9.15. The van der Waals surface area contributed by atoms with E-state index < -0.39 is 17.8 Å². The number of carbonyl (C=O) groups is 1. The minimum Gasteiger partial charge on any atom is -0.439 e. The third-order valence-corrected chi connectivity index (χ3v) is 4.07. The lowest BCUT2D eigenvalue weighted by Gasteiger charge is -2.13. The quantitative estimate of drug-likeness (QED) is 0.708. The van der Waals surface area contributed by atoms with Gasteiger partial charge in [-0.1, -0.05) is 0 Å². The van der Waals surface area contributed by atoms with Crippen LogP contribution in [0.5, 0.6) is 11.6 Å². The number of rotatable bonds is 5. The van der Waals surface area contributed by atoms with Gasteiger partial charge in [-0.25, -0.2) is 4.98 Å². The molecular weight excluding hydrogens is 434 g/mol. The van der Waals surface area contributed by atoms with Crippen molar-refractivity contribution in [3.63, 3.8) is 0 Å². The molecule has 1 aliphatic rings. The SMILES string of the molecule is Cl.Cl.NC[C@H]1CC[C@@H](C(=O)Nc2ccc(Oc3ccc(C(F)(F)F)cc3)nc2)O1. The Balaban J connectivity index is 0.00000210. The number of halogens is 5. The number of carbonyl (C=O) groups excluding carboxylic acids is 1. The minimum absolute atomic E-state index is 0. The van der Waals surface area contributed by atoms with Crippen molar-refractivity contribution in [2.75, 3.05) is 11.9 Å². The van der Waals surface area contributed by atoms with Gasteiger partial charge in [-0.05, 0) is 43.2 Å². The van der Waals surface area contributed by atoms with Gasteiger partial charge in [0.15, 0.2) is 0 Å². The standard InChI is InChI=1S/C18H18F3N3O3.2ClH/c19-18(20,21)11-1-4-13(5-2-11)27-16-8-3-12(10-23-16)24-17(25)15-7-6-14(9-22)26-15;;/h1-5,8,10,14-15H,6-7,9,22H2,(H,24,25);2*1H/t14-,15+;;/m1../s1. The first-order valence-electron chi connectivity index (χ1n) is 8.32. The van der Waals surface area contributed by atoms with Crippen molar-refractivity contribution in [2.24, 2.45) is 5.73 Å². The van der Waals surface area contributed by atoms with Crippen molar-refractivity contribution in [1.29, 1.82) is 0 Å². The number of hydrogen-bond acceptors (Lipinski definition) is 5. The van der Waals surface area contributed by atoms with Crippen LogP contribution in [0.4, 0.5) is 18.9 Å². The molecule has 160 valence electrons. The Morgan fingerprint density at radius 3 is 2.38 bits per heavy atom. The van der Waals surface area contributed by atoms with Gasteiger partial charge in [0, 0.05) is 12.6 Å². The summed E-state index contributed by atoms with van der Waals surface area (Å²) in [5, 5.41) is 2.70. The van der Waals surface area contributed by atoms with Crippen molar-refractivity contribution < 1.29 is 27.4 Å². The molecule has 11 heteroatoms. The number of pyridine rings is 1. The van der Waals surface area contributed by atoms with E-state index in [0.717, 1.165) is 18.6 Å². The number of ether oxygens (including phenoxy) is 2. The van der Waals surface area contributed by atoms with Gasteiger partial charge in [0.25, 0.3) is 5.91 Å². The van der Waals surface area contributed by atoms with E-state index in [-0.39, 0.29) is 48.5 Å². The summed E-state index contributed by atoms with van der Waals surface area (Å²) in [7, 11) is 0. The fourth-order valence-corrected chi connectivity index (χ4v) is 2.64. The summed E-state index contributed by atoms with van der Waals surface area (Å²) in [5.74, 6) is 0.136. The maximum absolute atomic E-state index is 12.5. The first-order chi connectivity index (χ1) is 12.8. The van der Waals surface area contributed by atoms with Gasteiger partial charge in [-0.3, -0.25) is 4.79 Å². The lowest BCUT2D eigenvalue weighted by Crippen LogP contribution is -2.29. The summed E-state index contributed by atoms with van der Waals surface area (Å²) in [6.07, 6.45) is -2.29. The van der Waals surface area contributed by atoms with Gasteiger partial charge in [-0.15, -0.1) is 24.8 Å². The molecule has 29 heavy (non-hydrogen) atoms. The first-order valence-corrected chi connectivity index (χ1v) is 8.32. The van der Waals surface area contributed by atoms with Crippen LogP contribution in [0.2, 0.25) is 0 Å². The molecule has 3 N–H and O–H groups in total. The molecule has 1 aliphatic heterocycles. The molecule has 1 aromatic carbocycles. The van der Waals surface area contributed by atoms with E-state index in [1.54, 1.807) is 6.07 Å². The molecule has 1 aromatic heterocycles. The van der Waals surface area contributed by atoms with Crippen molar-refractivity contribution in [1.82, 2.24) is 4.98 Å². The molecular formula is C18H20Cl2F3N3O3. The zero-order valence-electron chi connectivity index (χ0n) is 15.0. The highest BCUT2D eigenvalue weighted by Gasteiger charge is 2.30. The Labute approximate surface area is 177 Å². The lowest BCUT2D eigenvalue weighted by atomic mass is 10.2. The summed E-state index contributed by atoms with van der Waals surface area (Å²) in [4.78, 5) is 16.2. The Morgan fingerprint density at radius 1 is 1.17 bits per heavy atom. The molecule has 6 nitrogen and oxygen atoms in total. The van der Waals surface area contributed by atoms with E-state index in [1.165, 1.54) is 24.4 Å². The predicted molar refractivity (Wildman–Crippen MR) is 106 cm³/mol. The highest BCUT2D eigenvalue weighted by molar-refractivity contribution is 5.94. The summed E-state index contributed by atoms with van der Waals surface area (Å²) in [6.45, 7) is 0.376. The molecule has 0 radical (unpaired) electrons. The summed E-state index contributed by atoms with van der Waals surface area (Å²) >= 11 is 0. The molecule has 2 aromatic rings. The molecule has 0 spiro atoms. The van der Waals surface area contributed by atoms with Crippen LogP contribution in [0.3, 0.4) is 0 Å².